The van der Waals surface area contributed by atoms with Gasteiger partial charge in [0.25, 0.3) is 0 Å². The second kappa shape index (κ2) is 9.61. The number of carbonyl (C=O) groups excluding carboxylic acids is 1. The maximum absolute atomic E-state index is 12.8. The number of benzene rings is 2. The molecule has 0 aliphatic carbocycles. The molecule has 0 atom stereocenters. The topological polar surface area (TPSA) is 61.4 Å². The van der Waals surface area contributed by atoms with Gasteiger partial charge in [0.1, 0.15) is 5.82 Å². The predicted octanol–water partition coefficient (Wildman–Crippen LogP) is 5.55. The van der Waals surface area contributed by atoms with Crippen LogP contribution in [0.1, 0.15) is 42.1 Å². The van der Waals surface area contributed by atoms with Crippen LogP contribution >= 0.6 is 0 Å². The number of anilines is 2. The van der Waals surface area contributed by atoms with Gasteiger partial charge in [-0.3, -0.25) is 0 Å². The summed E-state index contributed by atoms with van der Waals surface area (Å²) in [6.07, 6.45) is 0. The molecule has 172 valence electrons. The molecule has 1 fully saturated rings. The Morgan fingerprint density at radius 3 is 2.24 bits per heavy atom. The zero-order valence-corrected chi connectivity index (χ0v) is 20.2. The molecule has 0 spiro atoms. The summed E-state index contributed by atoms with van der Waals surface area (Å²) in [6, 6.07) is 16.1. The van der Waals surface area contributed by atoms with E-state index in [0.29, 0.717) is 19.0 Å². The average Bonchev–Trinajstić information content (AvgIpc) is 2.81. The van der Waals surface area contributed by atoms with E-state index >= 15 is 0 Å². The van der Waals surface area contributed by atoms with Gasteiger partial charge in [-0.15, -0.1) is 0 Å². The molecule has 6 nitrogen and oxygen atoms in total. The Bertz CT molecular complexity index is 1130. The van der Waals surface area contributed by atoms with Crippen LogP contribution in [0.15, 0.2) is 48.5 Å². The number of urea groups is 1. The van der Waals surface area contributed by atoms with Crippen molar-refractivity contribution in [2.45, 2.75) is 40.5 Å². The zero-order chi connectivity index (χ0) is 23.5. The summed E-state index contributed by atoms with van der Waals surface area (Å²) in [7, 11) is 0. The SMILES string of the molecule is Cc1ccc(NC(=O)N2CCN(c3nc(-c4ccccc4)nc(C)c3C(C)C)CC2)cc1C. The fraction of sp³-hybridized carbons (Fsp3) is 0.370. The van der Waals surface area contributed by atoms with E-state index in [0.717, 1.165) is 41.7 Å². The second-order valence-electron chi connectivity index (χ2n) is 9.09. The van der Waals surface area contributed by atoms with E-state index < -0.39 is 0 Å². The van der Waals surface area contributed by atoms with Gasteiger partial charge < -0.3 is 15.1 Å². The Kier molecular flexibility index (Phi) is 6.63. The summed E-state index contributed by atoms with van der Waals surface area (Å²) < 4.78 is 0. The summed E-state index contributed by atoms with van der Waals surface area (Å²) in [5, 5.41) is 3.05. The predicted molar refractivity (Wildman–Crippen MR) is 135 cm³/mol. The fourth-order valence-corrected chi connectivity index (χ4v) is 4.34. The average molecular weight is 444 g/mol. The van der Waals surface area contributed by atoms with Crippen LogP contribution in [0, 0.1) is 20.8 Å². The monoisotopic (exact) mass is 443 g/mol. The van der Waals surface area contributed by atoms with Gasteiger partial charge in [-0.05, 0) is 49.9 Å². The second-order valence-corrected chi connectivity index (χ2v) is 9.09. The maximum atomic E-state index is 12.8. The highest BCUT2D eigenvalue weighted by Crippen LogP contribution is 2.31. The zero-order valence-electron chi connectivity index (χ0n) is 20.2. The first-order valence-electron chi connectivity index (χ1n) is 11.7. The fourth-order valence-electron chi connectivity index (χ4n) is 4.34. The van der Waals surface area contributed by atoms with Gasteiger partial charge in [0.2, 0.25) is 0 Å². The van der Waals surface area contributed by atoms with Gasteiger partial charge in [0.15, 0.2) is 5.82 Å². The standard InChI is InChI=1S/C27H33N5O/c1-18(2)24-21(5)28-25(22-9-7-6-8-10-22)30-26(24)31-13-15-32(16-14-31)27(33)29-23-12-11-19(3)20(4)17-23/h6-12,17-18H,13-16H2,1-5H3,(H,29,33). The minimum absolute atomic E-state index is 0.0502. The Hall–Kier alpha value is -3.41. The van der Waals surface area contributed by atoms with Crippen molar-refractivity contribution in [2.75, 3.05) is 36.4 Å². The lowest BCUT2D eigenvalue weighted by molar-refractivity contribution is 0.208. The summed E-state index contributed by atoms with van der Waals surface area (Å²) in [5.41, 5.74) is 6.45. The minimum atomic E-state index is -0.0502. The largest absolute Gasteiger partial charge is 0.353 e. The van der Waals surface area contributed by atoms with E-state index in [4.69, 9.17) is 9.97 Å². The Morgan fingerprint density at radius 1 is 0.909 bits per heavy atom. The van der Waals surface area contributed by atoms with Crippen molar-refractivity contribution in [1.29, 1.82) is 0 Å². The molecular formula is C27H33N5O. The van der Waals surface area contributed by atoms with Crippen molar-refractivity contribution < 1.29 is 4.79 Å². The third kappa shape index (κ3) is 5.00. The number of aromatic nitrogens is 2. The van der Waals surface area contributed by atoms with Crippen molar-refractivity contribution in [3.8, 4) is 11.4 Å². The number of piperazine rings is 1. The molecular weight excluding hydrogens is 410 g/mol. The molecule has 2 amide bonds. The van der Waals surface area contributed by atoms with Crippen LogP contribution in [0.5, 0.6) is 0 Å². The summed E-state index contributed by atoms with van der Waals surface area (Å²) in [4.78, 5) is 26.8. The molecule has 1 aliphatic heterocycles. The lowest BCUT2D eigenvalue weighted by Crippen LogP contribution is -2.50. The molecule has 6 heteroatoms. The van der Waals surface area contributed by atoms with E-state index in [2.05, 4.69) is 44.8 Å². The molecule has 0 radical (unpaired) electrons. The molecule has 2 aromatic carbocycles. The van der Waals surface area contributed by atoms with Gasteiger partial charge in [-0.25, -0.2) is 14.8 Å². The van der Waals surface area contributed by atoms with E-state index in [1.54, 1.807) is 0 Å². The van der Waals surface area contributed by atoms with Crippen LogP contribution < -0.4 is 10.2 Å². The first-order chi connectivity index (χ1) is 15.8. The van der Waals surface area contributed by atoms with Crippen LogP contribution in [0.25, 0.3) is 11.4 Å². The van der Waals surface area contributed by atoms with Crippen LogP contribution in [0.4, 0.5) is 16.3 Å². The molecule has 33 heavy (non-hydrogen) atoms. The Labute approximate surface area is 196 Å². The maximum Gasteiger partial charge on any atom is 0.321 e. The normalized spacial score (nSPS) is 14.0. The van der Waals surface area contributed by atoms with Gasteiger partial charge in [0, 0.05) is 48.7 Å². The third-order valence-electron chi connectivity index (χ3n) is 6.35. The molecule has 4 rings (SSSR count). The molecule has 1 aromatic heterocycles. The first-order valence-corrected chi connectivity index (χ1v) is 11.7. The molecule has 1 saturated heterocycles. The number of carbonyl (C=O) groups is 1. The van der Waals surface area contributed by atoms with Crippen molar-refractivity contribution in [3.63, 3.8) is 0 Å². The van der Waals surface area contributed by atoms with Crippen molar-refractivity contribution in [2.24, 2.45) is 0 Å². The van der Waals surface area contributed by atoms with Crippen molar-refractivity contribution >= 4 is 17.5 Å². The molecule has 1 N–H and O–H groups in total. The lowest BCUT2D eigenvalue weighted by atomic mass is 10.0. The molecule has 0 bridgehead atoms. The van der Waals surface area contributed by atoms with E-state index in [9.17, 15) is 4.79 Å². The molecule has 1 aliphatic rings. The third-order valence-corrected chi connectivity index (χ3v) is 6.35. The number of nitrogens with one attached hydrogen (secondary N) is 1. The number of hydrogen-bond donors (Lipinski definition) is 1. The number of amides is 2. The lowest BCUT2D eigenvalue weighted by Gasteiger charge is -2.37. The summed E-state index contributed by atoms with van der Waals surface area (Å²) in [6.45, 7) is 13.4. The van der Waals surface area contributed by atoms with Crippen LogP contribution in [-0.2, 0) is 0 Å². The molecule has 3 aromatic rings. The van der Waals surface area contributed by atoms with Crippen LogP contribution in [0.3, 0.4) is 0 Å². The van der Waals surface area contributed by atoms with E-state index in [1.807, 2.05) is 53.4 Å². The molecule has 0 unspecified atom stereocenters. The number of aryl methyl sites for hydroxylation is 3. The Balaban J connectivity index is 1.51. The highest BCUT2D eigenvalue weighted by Gasteiger charge is 2.26. The molecule has 0 saturated carbocycles. The molecule has 2 heterocycles. The van der Waals surface area contributed by atoms with E-state index in [1.165, 1.54) is 16.7 Å². The van der Waals surface area contributed by atoms with Gasteiger partial charge >= 0.3 is 6.03 Å². The van der Waals surface area contributed by atoms with Gasteiger partial charge in [-0.1, -0.05) is 50.2 Å². The highest BCUT2D eigenvalue weighted by atomic mass is 16.2. The summed E-state index contributed by atoms with van der Waals surface area (Å²) >= 11 is 0. The van der Waals surface area contributed by atoms with Gasteiger partial charge in [-0.2, -0.15) is 0 Å². The number of hydrogen-bond acceptors (Lipinski definition) is 4. The Morgan fingerprint density at radius 2 is 1.61 bits per heavy atom. The highest BCUT2D eigenvalue weighted by molar-refractivity contribution is 5.89. The van der Waals surface area contributed by atoms with Gasteiger partial charge in [0.05, 0.1) is 0 Å². The minimum Gasteiger partial charge on any atom is -0.353 e. The number of nitrogens with zero attached hydrogens (tertiary/aromatic N) is 4. The first kappa shape index (κ1) is 22.8. The summed E-state index contributed by atoms with van der Waals surface area (Å²) in [5.74, 6) is 2.06. The quantitative estimate of drug-likeness (QED) is 0.575. The smallest absolute Gasteiger partial charge is 0.321 e. The van der Waals surface area contributed by atoms with Crippen molar-refractivity contribution in [3.05, 3.63) is 70.9 Å². The van der Waals surface area contributed by atoms with Crippen LogP contribution in [0.2, 0.25) is 0 Å². The van der Waals surface area contributed by atoms with Crippen molar-refractivity contribution in [1.82, 2.24) is 14.9 Å². The van der Waals surface area contributed by atoms with Crippen LogP contribution in [-0.4, -0.2) is 47.1 Å². The number of rotatable bonds is 4. The van der Waals surface area contributed by atoms with E-state index in [-0.39, 0.29) is 6.03 Å².